The van der Waals surface area contributed by atoms with Crippen LogP contribution >= 0.6 is 22.9 Å². The lowest BCUT2D eigenvalue weighted by Crippen LogP contribution is -2.33. The van der Waals surface area contributed by atoms with Crippen LogP contribution in [0.5, 0.6) is 0 Å². The molecule has 0 aliphatic rings. The molecule has 1 atom stereocenters. The zero-order valence-corrected chi connectivity index (χ0v) is 13.5. The Morgan fingerprint density at radius 3 is 2.95 bits per heavy atom. The number of aromatic nitrogens is 2. The van der Waals surface area contributed by atoms with E-state index in [2.05, 4.69) is 39.3 Å². The molecule has 0 spiro atoms. The van der Waals surface area contributed by atoms with Crippen molar-refractivity contribution in [3.05, 3.63) is 58.3 Å². The summed E-state index contributed by atoms with van der Waals surface area (Å²) >= 11 is 7.94. The molecule has 3 nitrogen and oxygen atoms in total. The van der Waals surface area contributed by atoms with Gasteiger partial charge in [-0.1, -0.05) is 36.7 Å². The molecule has 21 heavy (non-hydrogen) atoms. The van der Waals surface area contributed by atoms with Crippen molar-refractivity contribution in [3.8, 4) is 0 Å². The predicted octanol–water partition coefficient (Wildman–Crippen LogP) is 3.81. The molecule has 2 aromatic heterocycles. The fourth-order valence-corrected chi connectivity index (χ4v) is 3.49. The summed E-state index contributed by atoms with van der Waals surface area (Å²) in [7, 11) is 0. The van der Waals surface area contributed by atoms with E-state index in [1.807, 2.05) is 24.4 Å². The second-order valence-electron chi connectivity index (χ2n) is 5.08. The van der Waals surface area contributed by atoms with Gasteiger partial charge in [0.05, 0.1) is 5.69 Å². The number of nitrogens with zero attached hydrogens (tertiary/aromatic N) is 2. The number of likely N-dealkylation sites (N-methyl/N-ethyl adjacent to an activating group) is 1. The van der Waals surface area contributed by atoms with Gasteiger partial charge in [-0.25, -0.2) is 4.98 Å². The van der Waals surface area contributed by atoms with E-state index >= 15 is 0 Å². The van der Waals surface area contributed by atoms with E-state index in [4.69, 9.17) is 11.6 Å². The molecule has 1 unspecified atom stereocenters. The van der Waals surface area contributed by atoms with Crippen LogP contribution in [0.3, 0.4) is 0 Å². The van der Waals surface area contributed by atoms with Crippen LogP contribution < -0.4 is 5.32 Å². The number of fused-ring (bicyclic) bond motifs is 1. The van der Waals surface area contributed by atoms with Crippen molar-refractivity contribution in [2.24, 2.45) is 0 Å². The smallest absolute Gasteiger partial charge is 0.193 e. The van der Waals surface area contributed by atoms with E-state index in [9.17, 15) is 0 Å². The Labute approximate surface area is 133 Å². The van der Waals surface area contributed by atoms with E-state index in [-0.39, 0.29) is 0 Å². The van der Waals surface area contributed by atoms with E-state index in [1.165, 1.54) is 5.56 Å². The molecule has 0 amide bonds. The van der Waals surface area contributed by atoms with Gasteiger partial charge in [-0.2, -0.15) is 0 Å². The summed E-state index contributed by atoms with van der Waals surface area (Å²) in [6, 6.07) is 8.40. The minimum absolute atomic E-state index is 0.347. The lowest BCUT2D eigenvalue weighted by Gasteiger charge is -2.17. The molecule has 3 aromatic rings. The second kappa shape index (κ2) is 6.60. The number of thiazole rings is 1. The van der Waals surface area contributed by atoms with Crippen LogP contribution in [-0.2, 0) is 12.8 Å². The number of rotatable bonds is 6. The molecular weight excluding hydrogens is 302 g/mol. The fraction of sp³-hybridized carbons (Fsp3) is 0.312. The quantitative estimate of drug-likeness (QED) is 0.748. The largest absolute Gasteiger partial charge is 0.314 e. The van der Waals surface area contributed by atoms with Crippen molar-refractivity contribution in [2.75, 3.05) is 6.54 Å². The van der Waals surface area contributed by atoms with Crippen molar-refractivity contribution >= 4 is 27.9 Å². The summed E-state index contributed by atoms with van der Waals surface area (Å²) < 4.78 is 2.08. The van der Waals surface area contributed by atoms with E-state index in [1.54, 1.807) is 11.3 Å². The third kappa shape index (κ3) is 3.46. The minimum Gasteiger partial charge on any atom is -0.314 e. The predicted molar refractivity (Wildman–Crippen MR) is 89.4 cm³/mol. The molecule has 110 valence electrons. The van der Waals surface area contributed by atoms with Crippen molar-refractivity contribution in [1.29, 1.82) is 0 Å². The van der Waals surface area contributed by atoms with Crippen molar-refractivity contribution in [3.63, 3.8) is 0 Å². The molecule has 0 bridgehead atoms. The number of imidazole rings is 1. The number of nitrogens with one attached hydrogen (secondary N) is 1. The topological polar surface area (TPSA) is 29.3 Å². The van der Waals surface area contributed by atoms with Gasteiger partial charge in [-0.15, -0.1) is 11.3 Å². The Morgan fingerprint density at radius 2 is 2.19 bits per heavy atom. The van der Waals surface area contributed by atoms with Gasteiger partial charge < -0.3 is 5.32 Å². The first kappa shape index (κ1) is 14.6. The van der Waals surface area contributed by atoms with Gasteiger partial charge in [0.15, 0.2) is 4.96 Å². The lowest BCUT2D eigenvalue weighted by molar-refractivity contribution is 0.517. The van der Waals surface area contributed by atoms with Crippen molar-refractivity contribution in [2.45, 2.75) is 25.8 Å². The highest BCUT2D eigenvalue weighted by Gasteiger charge is 2.13. The van der Waals surface area contributed by atoms with Gasteiger partial charge in [-0.05, 0) is 24.6 Å². The normalized spacial score (nSPS) is 12.9. The summed E-state index contributed by atoms with van der Waals surface area (Å²) in [6.45, 7) is 3.07. The first-order valence-corrected chi connectivity index (χ1v) is 8.40. The highest BCUT2D eigenvalue weighted by molar-refractivity contribution is 7.15. The van der Waals surface area contributed by atoms with Crippen molar-refractivity contribution < 1.29 is 0 Å². The average molecular weight is 320 g/mol. The molecule has 0 saturated carbocycles. The van der Waals surface area contributed by atoms with Crippen LogP contribution in [0.2, 0.25) is 5.02 Å². The number of hydrogen-bond donors (Lipinski definition) is 1. The molecular formula is C16H18ClN3S. The number of halogens is 1. The van der Waals surface area contributed by atoms with Gasteiger partial charge in [-0.3, -0.25) is 4.40 Å². The van der Waals surface area contributed by atoms with Crippen molar-refractivity contribution in [1.82, 2.24) is 14.7 Å². The zero-order chi connectivity index (χ0) is 14.7. The average Bonchev–Trinajstić information content (AvgIpc) is 3.02. The van der Waals surface area contributed by atoms with Crippen LogP contribution in [0, 0.1) is 0 Å². The highest BCUT2D eigenvalue weighted by Crippen LogP contribution is 2.19. The molecule has 0 aliphatic heterocycles. The Morgan fingerprint density at radius 1 is 1.33 bits per heavy atom. The molecule has 3 rings (SSSR count). The van der Waals surface area contributed by atoms with Crippen LogP contribution in [0.1, 0.15) is 18.2 Å². The standard InChI is InChI=1S/C16H18ClN3S/c1-2-18-13(9-12-5-3-4-6-15(12)17)10-14-11-20-7-8-21-16(20)19-14/h3-8,11,13,18H,2,9-10H2,1H3. The van der Waals surface area contributed by atoms with E-state index in [0.717, 1.165) is 35.1 Å². The summed E-state index contributed by atoms with van der Waals surface area (Å²) in [5.41, 5.74) is 2.31. The third-order valence-corrected chi connectivity index (χ3v) is 4.66. The summed E-state index contributed by atoms with van der Waals surface area (Å²) in [6.07, 6.45) is 5.99. The molecule has 5 heteroatoms. The highest BCUT2D eigenvalue weighted by atomic mass is 35.5. The fourth-order valence-electron chi connectivity index (χ4n) is 2.56. The minimum atomic E-state index is 0.347. The molecule has 2 heterocycles. The zero-order valence-electron chi connectivity index (χ0n) is 11.9. The van der Waals surface area contributed by atoms with Crippen LogP contribution in [0.4, 0.5) is 0 Å². The molecule has 0 saturated heterocycles. The van der Waals surface area contributed by atoms with Crippen LogP contribution in [0.25, 0.3) is 4.96 Å². The maximum absolute atomic E-state index is 6.27. The lowest BCUT2D eigenvalue weighted by atomic mass is 10.0. The summed E-state index contributed by atoms with van der Waals surface area (Å²) in [5.74, 6) is 0. The third-order valence-electron chi connectivity index (χ3n) is 3.52. The Kier molecular flexibility index (Phi) is 4.58. The Balaban J connectivity index is 1.75. The SMILES string of the molecule is CCNC(Cc1cn2ccsc2n1)Cc1ccccc1Cl. The number of hydrogen-bond acceptors (Lipinski definition) is 3. The van der Waals surface area contributed by atoms with Gasteiger partial charge in [0.2, 0.25) is 0 Å². The first-order valence-electron chi connectivity index (χ1n) is 7.14. The maximum atomic E-state index is 6.27. The molecule has 1 aromatic carbocycles. The van der Waals surface area contributed by atoms with Crippen LogP contribution in [-0.4, -0.2) is 22.0 Å². The Hall–Kier alpha value is -1.36. The van der Waals surface area contributed by atoms with E-state index in [0.29, 0.717) is 6.04 Å². The summed E-state index contributed by atoms with van der Waals surface area (Å²) in [4.78, 5) is 5.72. The molecule has 1 N–H and O–H groups in total. The van der Waals surface area contributed by atoms with E-state index < -0.39 is 0 Å². The Bertz CT molecular complexity index is 690. The number of benzene rings is 1. The summed E-state index contributed by atoms with van der Waals surface area (Å²) in [5, 5.41) is 6.43. The molecule has 0 aliphatic carbocycles. The van der Waals surface area contributed by atoms with Gasteiger partial charge >= 0.3 is 0 Å². The van der Waals surface area contributed by atoms with Gasteiger partial charge in [0, 0.05) is 35.3 Å². The van der Waals surface area contributed by atoms with Gasteiger partial charge in [0.25, 0.3) is 0 Å². The second-order valence-corrected chi connectivity index (χ2v) is 6.36. The van der Waals surface area contributed by atoms with Gasteiger partial charge in [0.1, 0.15) is 0 Å². The first-order chi connectivity index (χ1) is 10.3. The monoisotopic (exact) mass is 319 g/mol. The van der Waals surface area contributed by atoms with Crippen LogP contribution in [0.15, 0.2) is 42.0 Å². The maximum Gasteiger partial charge on any atom is 0.193 e. The molecule has 0 fully saturated rings. The molecule has 0 radical (unpaired) electrons.